The highest BCUT2D eigenvalue weighted by molar-refractivity contribution is 6.05. The van der Waals surface area contributed by atoms with Crippen LogP contribution in [0, 0.1) is 11.6 Å². The third-order valence-corrected chi connectivity index (χ3v) is 5.54. The lowest BCUT2D eigenvalue weighted by molar-refractivity contribution is 0.0746. The van der Waals surface area contributed by atoms with Crippen LogP contribution in [0.15, 0.2) is 48.8 Å². The summed E-state index contributed by atoms with van der Waals surface area (Å²) >= 11 is 0. The van der Waals surface area contributed by atoms with Crippen LogP contribution in [0.25, 0.3) is 0 Å². The van der Waals surface area contributed by atoms with E-state index in [0.29, 0.717) is 30.9 Å². The van der Waals surface area contributed by atoms with Crippen molar-refractivity contribution in [1.82, 2.24) is 14.9 Å². The standard InChI is InChI=1S/C23H18F2N4O2/c24-18-8-19(25)20(28-22(30)16-9-26-21(27-10-16)13-5-6-13)7-17(18)23(31)29-11-14-3-1-2-4-15(14)12-29/h1-4,7-10,13H,5-6,11-12H2,(H,28,30). The maximum atomic E-state index is 14.4. The Hall–Kier alpha value is -3.68. The molecule has 2 aromatic carbocycles. The highest BCUT2D eigenvalue weighted by Gasteiger charge is 2.28. The second-order valence-electron chi connectivity index (χ2n) is 7.80. The summed E-state index contributed by atoms with van der Waals surface area (Å²) in [5.41, 5.74) is 1.54. The van der Waals surface area contributed by atoms with Crippen molar-refractivity contribution < 1.29 is 18.4 Å². The number of nitrogens with one attached hydrogen (secondary N) is 1. The van der Waals surface area contributed by atoms with Crippen molar-refractivity contribution in [1.29, 1.82) is 0 Å². The van der Waals surface area contributed by atoms with Gasteiger partial charge >= 0.3 is 0 Å². The lowest BCUT2D eigenvalue weighted by Gasteiger charge is -2.17. The molecule has 0 unspecified atom stereocenters. The van der Waals surface area contributed by atoms with Crippen LogP contribution >= 0.6 is 0 Å². The molecule has 2 aliphatic rings. The number of hydrogen-bond donors (Lipinski definition) is 1. The van der Waals surface area contributed by atoms with Crippen LogP contribution < -0.4 is 5.32 Å². The molecule has 0 saturated heterocycles. The Labute approximate surface area is 176 Å². The lowest BCUT2D eigenvalue weighted by atomic mass is 10.1. The van der Waals surface area contributed by atoms with Gasteiger partial charge in [0.15, 0.2) is 0 Å². The number of halogens is 2. The number of fused-ring (bicyclic) bond motifs is 1. The predicted octanol–water partition coefficient (Wildman–Crippen LogP) is 4.04. The SMILES string of the molecule is O=C(Nc1cc(C(=O)N2Cc3ccccc3C2)c(F)cc1F)c1cnc(C2CC2)nc1. The highest BCUT2D eigenvalue weighted by Crippen LogP contribution is 2.37. The van der Waals surface area contributed by atoms with E-state index in [1.54, 1.807) is 0 Å². The van der Waals surface area contributed by atoms with Gasteiger partial charge in [0, 0.05) is 37.5 Å². The molecule has 6 nitrogen and oxygen atoms in total. The number of hydrogen-bond acceptors (Lipinski definition) is 4. The maximum Gasteiger partial charge on any atom is 0.258 e. The molecule has 0 radical (unpaired) electrons. The van der Waals surface area contributed by atoms with E-state index in [2.05, 4.69) is 15.3 Å². The minimum Gasteiger partial charge on any atom is -0.330 e. The van der Waals surface area contributed by atoms with Crippen LogP contribution in [-0.4, -0.2) is 26.7 Å². The summed E-state index contributed by atoms with van der Waals surface area (Å²) in [4.78, 5) is 35.2. The summed E-state index contributed by atoms with van der Waals surface area (Å²) in [6.07, 6.45) is 4.83. The third kappa shape index (κ3) is 3.76. The first-order valence-electron chi connectivity index (χ1n) is 9.98. The molecule has 8 heteroatoms. The molecule has 5 rings (SSSR count). The first-order chi connectivity index (χ1) is 15.0. The van der Waals surface area contributed by atoms with Crippen LogP contribution in [0.3, 0.4) is 0 Å². The molecule has 0 spiro atoms. The molecule has 0 atom stereocenters. The van der Waals surface area contributed by atoms with Crippen molar-refractivity contribution in [3.05, 3.63) is 88.5 Å². The Morgan fingerprint density at radius 1 is 0.968 bits per heavy atom. The number of carbonyl (C=O) groups excluding carboxylic acids is 2. The van der Waals surface area contributed by atoms with E-state index >= 15 is 0 Å². The normalized spacial score (nSPS) is 15.0. The number of carbonyl (C=O) groups is 2. The van der Waals surface area contributed by atoms with Gasteiger partial charge in [-0.1, -0.05) is 24.3 Å². The molecule has 2 amide bonds. The molecule has 31 heavy (non-hydrogen) atoms. The van der Waals surface area contributed by atoms with E-state index in [1.807, 2.05) is 24.3 Å². The first-order valence-corrected chi connectivity index (χ1v) is 9.98. The summed E-state index contributed by atoms with van der Waals surface area (Å²) in [6, 6.07) is 9.21. The number of benzene rings is 2. The van der Waals surface area contributed by atoms with Crippen molar-refractivity contribution in [3.63, 3.8) is 0 Å². The van der Waals surface area contributed by atoms with Crippen LogP contribution in [0.1, 0.15) is 56.4 Å². The predicted molar refractivity (Wildman–Crippen MR) is 108 cm³/mol. The average molecular weight is 420 g/mol. The molecule has 1 aromatic heterocycles. The summed E-state index contributed by atoms with van der Waals surface area (Å²) in [7, 11) is 0. The zero-order chi connectivity index (χ0) is 21.5. The van der Waals surface area contributed by atoms with Gasteiger partial charge in [-0.25, -0.2) is 18.7 Å². The summed E-state index contributed by atoms with van der Waals surface area (Å²) in [5.74, 6) is -2.13. The highest BCUT2D eigenvalue weighted by atomic mass is 19.1. The number of nitrogens with zero attached hydrogens (tertiary/aromatic N) is 3. The van der Waals surface area contributed by atoms with Gasteiger partial charge in [0.25, 0.3) is 11.8 Å². The smallest absolute Gasteiger partial charge is 0.258 e. The molecular formula is C23H18F2N4O2. The Morgan fingerprint density at radius 2 is 1.61 bits per heavy atom. The maximum absolute atomic E-state index is 14.4. The zero-order valence-corrected chi connectivity index (χ0v) is 16.4. The first kappa shape index (κ1) is 19.3. The van der Waals surface area contributed by atoms with Crippen molar-refractivity contribution in [2.24, 2.45) is 0 Å². The Bertz CT molecular complexity index is 1170. The van der Waals surface area contributed by atoms with Crippen molar-refractivity contribution >= 4 is 17.5 Å². The Morgan fingerprint density at radius 3 is 2.23 bits per heavy atom. The zero-order valence-electron chi connectivity index (χ0n) is 16.4. The topological polar surface area (TPSA) is 75.2 Å². The molecule has 156 valence electrons. The van der Waals surface area contributed by atoms with Crippen LogP contribution in [0.4, 0.5) is 14.5 Å². The quantitative estimate of drug-likeness (QED) is 0.691. The molecule has 3 aromatic rings. The molecule has 1 aliphatic carbocycles. The lowest BCUT2D eigenvalue weighted by Crippen LogP contribution is -2.26. The summed E-state index contributed by atoms with van der Waals surface area (Å²) in [5, 5.41) is 2.39. The van der Waals surface area contributed by atoms with Gasteiger partial charge in [-0.05, 0) is 30.0 Å². The van der Waals surface area contributed by atoms with Gasteiger partial charge in [0.2, 0.25) is 0 Å². The van der Waals surface area contributed by atoms with E-state index < -0.39 is 23.4 Å². The van der Waals surface area contributed by atoms with Gasteiger partial charge < -0.3 is 10.2 Å². The Kier molecular flexibility index (Phi) is 4.69. The Balaban J connectivity index is 1.36. The van der Waals surface area contributed by atoms with Crippen LogP contribution in [0.2, 0.25) is 0 Å². The number of amides is 2. The summed E-state index contributed by atoms with van der Waals surface area (Å²) in [6.45, 7) is 0.691. The van der Waals surface area contributed by atoms with Gasteiger partial charge in [-0.3, -0.25) is 9.59 Å². The van der Waals surface area contributed by atoms with E-state index in [9.17, 15) is 18.4 Å². The fraction of sp³-hybridized carbons (Fsp3) is 0.217. The molecule has 1 fully saturated rings. The van der Waals surface area contributed by atoms with Gasteiger partial charge in [0.05, 0.1) is 16.8 Å². The van der Waals surface area contributed by atoms with Gasteiger partial charge in [-0.15, -0.1) is 0 Å². The number of anilines is 1. The van der Waals surface area contributed by atoms with Crippen molar-refractivity contribution in [3.8, 4) is 0 Å². The van der Waals surface area contributed by atoms with Crippen LogP contribution in [0.5, 0.6) is 0 Å². The fourth-order valence-electron chi connectivity index (χ4n) is 3.66. The molecule has 2 heterocycles. The second-order valence-corrected chi connectivity index (χ2v) is 7.80. The van der Waals surface area contributed by atoms with Crippen LogP contribution in [-0.2, 0) is 13.1 Å². The van der Waals surface area contributed by atoms with Crippen molar-refractivity contribution in [2.75, 3.05) is 5.32 Å². The molecule has 1 saturated carbocycles. The molecule has 1 N–H and O–H groups in total. The number of rotatable bonds is 4. The van der Waals surface area contributed by atoms with Gasteiger partial charge in [-0.2, -0.15) is 0 Å². The number of aromatic nitrogens is 2. The van der Waals surface area contributed by atoms with E-state index in [4.69, 9.17) is 0 Å². The fourth-order valence-corrected chi connectivity index (χ4v) is 3.66. The molecule has 1 aliphatic heterocycles. The van der Waals surface area contributed by atoms with E-state index in [0.717, 1.165) is 30.0 Å². The monoisotopic (exact) mass is 420 g/mol. The average Bonchev–Trinajstić information content (AvgIpc) is 3.53. The largest absolute Gasteiger partial charge is 0.330 e. The minimum atomic E-state index is -0.978. The van der Waals surface area contributed by atoms with E-state index in [-0.39, 0.29) is 16.8 Å². The summed E-state index contributed by atoms with van der Waals surface area (Å²) < 4.78 is 28.8. The van der Waals surface area contributed by atoms with E-state index in [1.165, 1.54) is 17.3 Å². The third-order valence-electron chi connectivity index (χ3n) is 5.54. The molecule has 0 bridgehead atoms. The molecular weight excluding hydrogens is 402 g/mol. The van der Waals surface area contributed by atoms with Crippen molar-refractivity contribution in [2.45, 2.75) is 31.8 Å². The second kappa shape index (κ2) is 7.54. The van der Waals surface area contributed by atoms with Gasteiger partial charge in [0.1, 0.15) is 17.5 Å². The minimum absolute atomic E-state index is 0.149.